The highest BCUT2D eigenvalue weighted by Gasteiger charge is 2.30. The normalized spacial score (nSPS) is 11.6. The van der Waals surface area contributed by atoms with Crippen LogP contribution in [0.3, 0.4) is 0 Å². The first kappa shape index (κ1) is 14.4. The molecule has 2 nitrogen and oxygen atoms in total. The van der Waals surface area contributed by atoms with Gasteiger partial charge in [-0.15, -0.1) is 0 Å². The lowest BCUT2D eigenvalue weighted by Gasteiger charge is -2.10. The summed E-state index contributed by atoms with van der Waals surface area (Å²) in [6, 6.07) is 7.26. The molecule has 2 rings (SSSR count). The highest BCUT2D eigenvalue weighted by molar-refractivity contribution is 5.51. The number of anilines is 1. The Morgan fingerprint density at radius 3 is 2.40 bits per heavy atom. The molecule has 106 valence electrons. The summed E-state index contributed by atoms with van der Waals surface area (Å²) >= 11 is 0. The van der Waals surface area contributed by atoms with Gasteiger partial charge < -0.3 is 5.73 Å². The fourth-order valence-electron chi connectivity index (χ4n) is 1.90. The Hall–Kier alpha value is -2.04. The molecule has 0 fully saturated rings. The highest BCUT2D eigenvalue weighted by Crippen LogP contribution is 2.31. The van der Waals surface area contributed by atoms with Crippen molar-refractivity contribution in [3.8, 4) is 0 Å². The molecule has 0 aliphatic heterocycles. The first-order valence-corrected chi connectivity index (χ1v) is 6.29. The first-order valence-electron chi connectivity index (χ1n) is 6.29. The van der Waals surface area contributed by atoms with Crippen LogP contribution in [0.2, 0.25) is 0 Å². The van der Waals surface area contributed by atoms with E-state index in [0.717, 1.165) is 29.8 Å². The van der Waals surface area contributed by atoms with Crippen LogP contribution in [0.25, 0.3) is 0 Å². The quantitative estimate of drug-likeness (QED) is 0.868. The first-order chi connectivity index (χ1) is 9.40. The van der Waals surface area contributed by atoms with Gasteiger partial charge in [0.15, 0.2) is 0 Å². The lowest BCUT2D eigenvalue weighted by molar-refractivity contribution is -0.137. The number of aryl methyl sites for hydroxylation is 1. The van der Waals surface area contributed by atoms with Gasteiger partial charge in [0, 0.05) is 24.0 Å². The number of hydrogen-bond donors (Lipinski definition) is 1. The van der Waals surface area contributed by atoms with Crippen molar-refractivity contribution in [2.45, 2.75) is 25.9 Å². The van der Waals surface area contributed by atoms with E-state index < -0.39 is 11.7 Å². The molecule has 0 aliphatic rings. The molecule has 0 atom stereocenters. The number of nitrogens with zero attached hydrogens (tertiary/aromatic N) is 1. The van der Waals surface area contributed by atoms with Gasteiger partial charge in [-0.2, -0.15) is 13.2 Å². The number of alkyl halides is 3. The van der Waals surface area contributed by atoms with Gasteiger partial charge in [-0.05, 0) is 35.7 Å². The lowest BCUT2D eigenvalue weighted by Crippen LogP contribution is -2.07. The van der Waals surface area contributed by atoms with Gasteiger partial charge in [0.05, 0.1) is 5.56 Å². The molecular formula is C15H15F3N2. The minimum Gasteiger partial charge on any atom is -0.398 e. The molecule has 2 aromatic rings. The fraction of sp³-hybridized carbons (Fsp3) is 0.267. The molecule has 1 heterocycles. The van der Waals surface area contributed by atoms with Gasteiger partial charge in [-0.3, -0.25) is 4.98 Å². The molecule has 0 spiro atoms. The smallest absolute Gasteiger partial charge is 0.398 e. The van der Waals surface area contributed by atoms with Crippen LogP contribution in [0.15, 0.2) is 36.5 Å². The number of benzene rings is 1. The van der Waals surface area contributed by atoms with Gasteiger partial charge >= 0.3 is 6.18 Å². The Morgan fingerprint density at radius 2 is 1.90 bits per heavy atom. The largest absolute Gasteiger partial charge is 0.416 e. The van der Waals surface area contributed by atoms with E-state index in [2.05, 4.69) is 4.98 Å². The minimum absolute atomic E-state index is 0.140. The zero-order valence-corrected chi connectivity index (χ0v) is 11.0. The molecule has 0 saturated heterocycles. The molecule has 0 saturated carbocycles. The van der Waals surface area contributed by atoms with Crippen LogP contribution < -0.4 is 5.73 Å². The van der Waals surface area contributed by atoms with Crippen LogP contribution in [0.1, 0.15) is 29.3 Å². The molecule has 2 N–H and O–H groups in total. The molecule has 0 bridgehead atoms. The van der Waals surface area contributed by atoms with Crippen LogP contribution in [0.5, 0.6) is 0 Å². The second kappa shape index (κ2) is 5.53. The van der Waals surface area contributed by atoms with Crippen molar-refractivity contribution in [2.75, 3.05) is 5.73 Å². The molecule has 5 heteroatoms. The van der Waals surface area contributed by atoms with Crippen molar-refractivity contribution < 1.29 is 13.2 Å². The van der Waals surface area contributed by atoms with E-state index in [9.17, 15) is 13.2 Å². The third-order valence-corrected chi connectivity index (χ3v) is 3.14. The summed E-state index contributed by atoms with van der Waals surface area (Å²) in [5, 5.41) is 0. The fourth-order valence-corrected chi connectivity index (χ4v) is 1.90. The van der Waals surface area contributed by atoms with E-state index in [4.69, 9.17) is 5.73 Å². The van der Waals surface area contributed by atoms with Gasteiger partial charge in [0.1, 0.15) is 0 Å². The molecule has 0 unspecified atom stereocenters. The Labute approximate surface area is 115 Å². The second-order valence-corrected chi connectivity index (χ2v) is 4.60. The number of nitrogens with two attached hydrogens (primary N) is 1. The van der Waals surface area contributed by atoms with E-state index in [-0.39, 0.29) is 5.69 Å². The number of aromatic nitrogens is 1. The van der Waals surface area contributed by atoms with Crippen LogP contribution in [0.4, 0.5) is 18.9 Å². The Bertz CT molecular complexity index is 589. The Kier molecular flexibility index (Phi) is 3.97. The lowest BCUT2D eigenvalue weighted by atomic mass is 10.0. The third-order valence-electron chi connectivity index (χ3n) is 3.14. The van der Waals surface area contributed by atoms with Gasteiger partial charge in [0.2, 0.25) is 0 Å². The maximum absolute atomic E-state index is 12.5. The van der Waals surface area contributed by atoms with Gasteiger partial charge in [-0.1, -0.05) is 19.1 Å². The molecule has 0 amide bonds. The van der Waals surface area contributed by atoms with Crippen molar-refractivity contribution in [3.63, 3.8) is 0 Å². The third kappa shape index (κ3) is 3.29. The second-order valence-electron chi connectivity index (χ2n) is 4.60. The maximum atomic E-state index is 12.5. The van der Waals surface area contributed by atoms with Crippen LogP contribution in [-0.2, 0) is 19.0 Å². The molecule has 0 radical (unpaired) electrons. The SMILES string of the molecule is CCc1ccc(Cc2ccc(C(F)(F)F)cc2N)nc1. The average molecular weight is 280 g/mol. The summed E-state index contributed by atoms with van der Waals surface area (Å²) in [4.78, 5) is 4.28. The summed E-state index contributed by atoms with van der Waals surface area (Å²) in [6.45, 7) is 2.03. The zero-order chi connectivity index (χ0) is 14.8. The number of hydrogen-bond acceptors (Lipinski definition) is 2. The number of pyridine rings is 1. The average Bonchev–Trinajstić information content (AvgIpc) is 2.41. The molecule has 1 aromatic carbocycles. The van der Waals surface area contributed by atoms with E-state index in [1.54, 1.807) is 6.20 Å². The summed E-state index contributed by atoms with van der Waals surface area (Å²) in [6.07, 6.45) is -1.27. The maximum Gasteiger partial charge on any atom is 0.416 e. The highest BCUT2D eigenvalue weighted by atomic mass is 19.4. The van der Waals surface area contributed by atoms with Crippen molar-refractivity contribution in [3.05, 3.63) is 58.9 Å². The molecular weight excluding hydrogens is 265 g/mol. The number of halogens is 3. The van der Waals surface area contributed by atoms with Gasteiger partial charge in [-0.25, -0.2) is 0 Å². The topological polar surface area (TPSA) is 38.9 Å². The van der Waals surface area contributed by atoms with Crippen LogP contribution >= 0.6 is 0 Å². The predicted molar refractivity (Wildman–Crippen MR) is 72.3 cm³/mol. The predicted octanol–water partition coefficient (Wildman–Crippen LogP) is 3.84. The Balaban J connectivity index is 2.21. The molecule has 0 aliphatic carbocycles. The van der Waals surface area contributed by atoms with Crippen molar-refractivity contribution >= 4 is 5.69 Å². The van der Waals surface area contributed by atoms with Crippen molar-refractivity contribution in [1.29, 1.82) is 0 Å². The number of rotatable bonds is 3. The van der Waals surface area contributed by atoms with Crippen LogP contribution in [-0.4, -0.2) is 4.98 Å². The Morgan fingerprint density at radius 1 is 1.15 bits per heavy atom. The van der Waals surface area contributed by atoms with Gasteiger partial charge in [0.25, 0.3) is 0 Å². The molecule has 20 heavy (non-hydrogen) atoms. The van der Waals surface area contributed by atoms with Crippen molar-refractivity contribution in [1.82, 2.24) is 4.98 Å². The standard InChI is InChI=1S/C15H15F3N2/c1-2-10-3-6-13(20-9-10)7-11-4-5-12(8-14(11)19)15(16,17)18/h3-6,8-9H,2,7,19H2,1H3. The zero-order valence-electron chi connectivity index (χ0n) is 11.0. The summed E-state index contributed by atoms with van der Waals surface area (Å²) in [7, 11) is 0. The number of nitrogen functional groups attached to an aromatic ring is 1. The summed E-state index contributed by atoms with van der Waals surface area (Å²) in [5.74, 6) is 0. The molecule has 1 aromatic heterocycles. The van der Waals surface area contributed by atoms with Crippen LogP contribution in [0, 0.1) is 0 Å². The van der Waals surface area contributed by atoms with E-state index in [1.807, 2.05) is 19.1 Å². The summed E-state index contributed by atoms with van der Waals surface area (Å²) in [5.41, 5.74) is 7.66. The minimum atomic E-state index is -4.37. The monoisotopic (exact) mass is 280 g/mol. The van der Waals surface area contributed by atoms with E-state index >= 15 is 0 Å². The van der Waals surface area contributed by atoms with E-state index in [1.165, 1.54) is 6.07 Å². The van der Waals surface area contributed by atoms with Crippen molar-refractivity contribution in [2.24, 2.45) is 0 Å². The summed E-state index contributed by atoms with van der Waals surface area (Å²) < 4.78 is 37.6. The van der Waals surface area contributed by atoms with E-state index in [0.29, 0.717) is 12.0 Å².